The molecule has 0 radical (unpaired) electrons. The molecular formula is C21H31N. The van der Waals surface area contributed by atoms with E-state index in [-0.39, 0.29) is 0 Å². The van der Waals surface area contributed by atoms with Gasteiger partial charge < -0.3 is 0 Å². The summed E-state index contributed by atoms with van der Waals surface area (Å²) in [6.07, 6.45) is 1.06. The SMILES string of the molecule is CC.CC.CC.CCc1ccc(-c2ccc(C#N)cc2)cc1. The molecule has 2 rings (SSSR count). The summed E-state index contributed by atoms with van der Waals surface area (Å²) in [4.78, 5) is 0. The zero-order valence-corrected chi connectivity index (χ0v) is 15.3. The highest BCUT2D eigenvalue weighted by atomic mass is 14.2. The summed E-state index contributed by atoms with van der Waals surface area (Å²) in [7, 11) is 0. The van der Waals surface area contributed by atoms with Gasteiger partial charge in [0, 0.05) is 0 Å². The van der Waals surface area contributed by atoms with Gasteiger partial charge >= 0.3 is 0 Å². The highest BCUT2D eigenvalue weighted by Crippen LogP contribution is 2.20. The molecule has 0 amide bonds. The molecule has 22 heavy (non-hydrogen) atoms. The molecule has 0 aliphatic heterocycles. The van der Waals surface area contributed by atoms with Crippen LogP contribution in [0.15, 0.2) is 48.5 Å². The van der Waals surface area contributed by atoms with Crippen LogP contribution in [0.4, 0.5) is 0 Å². The highest BCUT2D eigenvalue weighted by Gasteiger charge is 1.97. The first kappa shape index (κ1) is 22.2. The van der Waals surface area contributed by atoms with Crippen LogP contribution >= 0.6 is 0 Å². The highest BCUT2D eigenvalue weighted by molar-refractivity contribution is 5.64. The number of hydrogen-bond acceptors (Lipinski definition) is 1. The fourth-order valence-corrected chi connectivity index (χ4v) is 1.67. The van der Waals surface area contributed by atoms with E-state index < -0.39 is 0 Å². The fourth-order valence-electron chi connectivity index (χ4n) is 1.67. The second-order valence-corrected chi connectivity index (χ2v) is 3.74. The van der Waals surface area contributed by atoms with Gasteiger partial charge in [-0.25, -0.2) is 0 Å². The lowest BCUT2D eigenvalue weighted by Crippen LogP contribution is -1.82. The van der Waals surface area contributed by atoms with Crippen LogP contribution < -0.4 is 0 Å². The minimum atomic E-state index is 0.703. The van der Waals surface area contributed by atoms with Crippen molar-refractivity contribution in [2.45, 2.75) is 54.9 Å². The Morgan fingerprint density at radius 3 is 1.36 bits per heavy atom. The van der Waals surface area contributed by atoms with E-state index in [1.807, 2.05) is 65.8 Å². The second-order valence-electron chi connectivity index (χ2n) is 3.74. The van der Waals surface area contributed by atoms with Crippen LogP contribution in [0.2, 0.25) is 0 Å². The Labute approximate surface area is 137 Å². The molecule has 0 aromatic heterocycles. The molecule has 0 aliphatic carbocycles. The van der Waals surface area contributed by atoms with Gasteiger partial charge in [0.15, 0.2) is 0 Å². The first-order valence-corrected chi connectivity index (χ1v) is 8.43. The van der Waals surface area contributed by atoms with Crippen LogP contribution in [-0.2, 0) is 6.42 Å². The zero-order valence-electron chi connectivity index (χ0n) is 15.3. The van der Waals surface area contributed by atoms with Crippen molar-refractivity contribution in [3.63, 3.8) is 0 Å². The van der Waals surface area contributed by atoms with Crippen LogP contribution in [0, 0.1) is 11.3 Å². The largest absolute Gasteiger partial charge is 0.192 e. The summed E-state index contributed by atoms with van der Waals surface area (Å²) in [6, 6.07) is 18.3. The van der Waals surface area contributed by atoms with E-state index >= 15 is 0 Å². The molecule has 0 aliphatic rings. The maximum Gasteiger partial charge on any atom is 0.0991 e. The molecule has 0 saturated heterocycles. The second kappa shape index (κ2) is 15.3. The van der Waals surface area contributed by atoms with Crippen molar-refractivity contribution < 1.29 is 0 Å². The number of benzene rings is 2. The molecule has 1 heteroatoms. The van der Waals surface area contributed by atoms with Gasteiger partial charge in [-0.3, -0.25) is 0 Å². The first-order chi connectivity index (χ1) is 10.8. The van der Waals surface area contributed by atoms with Crippen LogP contribution in [0.3, 0.4) is 0 Å². The van der Waals surface area contributed by atoms with E-state index in [1.165, 1.54) is 11.1 Å². The molecule has 0 saturated carbocycles. The van der Waals surface area contributed by atoms with Crippen LogP contribution in [0.25, 0.3) is 11.1 Å². The van der Waals surface area contributed by atoms with Crippen LogP contribution in [0.1, 0.15) is 59.6 Å². The van der Waals surface area contributed by atoms with Gasteiger partial charge in [0.2, 0.25) is 0 Å². The molecule has 120 valence electrons. The summed E-state index contributed by atoms with van der Waals surface area (Å²) >= 11 is 0. The standard InChI is InChI=1S/C15H13N.3C2H6/c1-2-12-3-7-14(8-4-12)15-9-5-13(11-16)6-10-15;3*1-2/h3-10H,2H2,1H3;3*1-2H3. The Morgan fingerprint density at radius 2 is 1.05 bits per heavy atom. The quantitative estimate of drug-likeness (QED) is 0.593. The third kappa shape index (κ3) is 7.64. The Balaban J connectivity index is 0. The Hall–Kier alpha value is -2.07. The molecule has 0 spiro atoms. The predicted molar refractivity (Wildman–Crippen MR) is 100 cm³/mol. The molecule has 0 unspecified atom stereocenters. The summed E-state index contributed by atoms with van der Waals surface area (Å²) in [5.74, 6) is 0. The van der Waals surface area contributed by atoms with Crippen molar-refractivity contribution in [3.8, 4) is 17.2 Å². The van der Waals surface area contributed by atoms with Gasteiger partial charge in [0.05, 0.1) is 11.6 Å². The van der Waals surface area contributed by atoms with E-state index in [0.29, 0.717) is 5.56 Å². The van der Waals surface area contributed by atoms with Crippen molar-refractivity contribution in [2.24, 2.45) is 0 Å². The topological polar surface area (TPSA) is 23.8 Å². The van der Waals surface area contributed by atoms with Crippen molar-refractivity contribution in [3.05, 3.63) is 59.7 Å². The average Bonchev–Trinajstić information content (AvgIpc) is 2.67. The molecule has 0 fully saturated rings. The predicted octanol–water partition coefficient (Wildman–Crippen LogP) is 6.87. The summed E-state index contributed by atoms with van der Waals surface area (Å²) in [5, 5.41) is 8.72. The van der Waals surface area contributed by atoms with E-state index in [1.54, 1.807) is 0 Å². The van der Waals surface area contributed by atoms with Gasteiger partial charge in [0.1, 0.15) is 0 Å². The van der Waals surface area contributed by atoms with Gasteiger partial charge in [0.25, 0.3) is 0 Å². The molecule has 2 aromatic carbocycles. The fraction of sp³-hybridized carbons (Fsp3) is 0.381. The smallest absolute Gasteiger partial charge is 0.0991 e. The van der Waals surface area contributed by atoms with E-state index in [0.717, 1.165) is 12.0 Å². The van der Waals surface area contributed by atoms with Crippen molar-refractivity contribution >= 4 is 0 Å². The Bertz CT molecular complexity index is 501. The monoisotopic (exact) mass is 297 g/mol. The molecule has 0 bridgehead atoms. The molecule has 0 atom stereocenters. The van der Waals surface area contributed by atoms with Crippen LogP contribution in [0.5, 0.6) is 0 Å². The third-order valence-electron chi connectivity index (χ3n) is 2.71. The number of hydrogen-bond donors (Lipinski definition) is 0. The van der Waals surface area contributed by atoms with Crippen molar-refractivity contribution in [1.29, 1.82) is 5.26 Å². The van der Waals surface area contributed by atoms with Crippen molar-refractivity contribution in [1.82, 2.24) is 0 Å². The van der Waals surface area contributed by atoms with E-state index in [9.17, 15) is 0 Å². The minimum absolute atomic E-state index is 0.703. The maximum absolute atomic E-state index is 8.72. The minimum Gasteiger partial charge on any atom is -0.192 e. The van der Waals surface area contributed by atoms with Crippen molar-refractivity contribution in [2.75, 3.05) is 0 Å². The Morgan fingerprint density at radius 1 is 0.682 bits per heavy atom. The molecular weight excluding hydrogens is 266 g/mol. The Kier molecular flexibility index (Phi) is 15.5. The number of nitriles is 1. The van der Waals surface area contributed by atoms with Gasteiger partial charge in [-0.2, -0.15) is 5.26 Å². The summed E-state index contributed by atoms with van der Waals surface area (Å²) in [6.45, 7) is 14.1. The molecule has 0 N–H and O–H groups in total. The average molecular weight is 297 g/mol. The van der Waals surface area contributed by atoms with E-state index in [4.69, 9.17) is 5.26 Å². The number of aryl methyl sites for hydroxylation is 1. The molecule has 0 heterocycles. The summed E-state index contributed by atoms with van der Waals surface area (Å²) < 4.78 is 0. The van der Waals surface area contributed by atoms with E-state index in [2.05, 4.69) is 37.3 Å². The number of rotatable bonds is 2. The molecule has 2 aromatic rings. The van der Waals surface area contributed by atoms with Gasteiger partial charge in [-0.1, -0.05) is 84.9 Å². The first-order valence-electron chi connectivity index (χ1n) is 8.43. The summed E-state index contributed by atoms with van der Waals surface area (Å²) in [5.41, 5.74) is 4.40. The zero-order chi connectivity index (χ0) is 17.4. The maximum atomic E-state index is 8.72. The van der Waals surface area contributed by atoms with Gasteiger partial charge in [-0.05, 0) is 35.2 Å². The normalized spacial score (nSPS) is 7.91. The lowest BCUT2D eigenvalue weighted by molar-refractivity contribution is 1.14. The third-order valence-corrected chi connectivity index (χ3v) is 2.71. The van der Waals surface area contributed by atoms with Gasteiger partial charge in [-0.15, -0.1) is 0 Å². The lowest BCUT2D eigenvalue weighted by atomic mass is 10.0. The lowest BCUT2D eigenvalue weighted by Gasteiger charge is -2.03. The molecule has 1 nitrogen and oxygen atoms in total. The number of nitrogens with zero attached hydrogens (tertiary/aromatic N) is 1. The van der Waals surface area contributed by atoms with Crippen LogP contribution in [-0.4, -0.2) is 0 Å².